The summed E-state index contributed by atoms with van der Waals surface area (Å²) in [5.74, 6) is 7.01. The summed E-state index contributed by atoms with van der Waals surface area (Å²) in [6.07, 6.45) is 1.75. The Morgan fingerprint density at radius 1 is 1.39 bits per heavy atom. The molecule has 0 aliphatic rings. The van der Waals surface area contributed by atoms with Crippen LogP contribution in [0.5, 0.6) is 0 Å². The zero-order valence-electron chi connectivity index (χ0n) is 10.9. The van der Waals surface area contributed by atoms with E-state index in [0.717, 1.165) is 11.1 Å². The highest BCUT2D eigenvalue weighted by Gasteiger charge is 2.04. The summed E-state index contributed by atoms with van der Waals surface area (Å²) in [5, 5.41) is 3.85. The molecule has 1 aromatic heterocycles. The van der Waals surface area contributed by atoms with Gasteiger partial charge in [0.2, 0.25) is 11.7 Å². The van der Waals surface area contributed by atoms with E-state index >= 15 is 0 Å². The van der Waals surface area contributed by atoms with Crippen LogP contribution in [0, 0.1) is 18.8 Å². The van der Waals surface area contributed by atoms with Crippen molar-refractivity contribution in [2.45, 2.75) is 20.8 Å². The first-order chi connectivity index (χ1) is 8.71. The third-order valence-corrected chi connectivity index (χ3v) is 1.92. The van der Waals surface area contributed by atoms with Crippen molar-refractivity contribution in [3.05, 3.63) is 48.4 Å². The summed E-state index contributed by atoms with van der Waals surface area (Å²) in [7, 11) is 0. The largest absolute Gasteiger partial charge is 0.339 e. The molecule has 1 heterocycles. The molecular formula is C15H16N2O. The molecule has 92 valence electrons. The second kappa shape index (κ2) is 7.08. The van der Waals surface area contributed by atoms with Gasteiger partial charge in [0.25, 0.3) is 0 Å². The van der Waals surface area contributed by atoms with Gasteiger partial charge in [0.05, 0.1) is 0 Å². The van der Waals surface area contributed by atoms with Crippen molar-refractivity contribution < 1.29 is 4.52 Å². The second-order valence-corrected chi connectivity index (χ2v) is 3.50. The van der Waals surface area contributed by atoms with Gasteiger partial charge < -0.3 is 4.52 Å². The van der Waals surface area contributed by atoms with Gasteiger partial charge in [-0.05, 0) is 26.0 Å². The van der Waals surface area contributed by atoms with Crippen molar-refractivity contribution in [3.63, 3.8) is 0 Å². The number of benzene rings is 1. The predicted molar refractivity (Wildman–Crippen MR) is 72.9 cm³/mol. The molecule has 3 nitrogen and oxygen atoms in total. The van der Waals surface area contributed by atoms with Crippen LogP contribution in [0.25, 0.3) is 11.4 Å². The Morgan fingerprint density at radius 2 is 2.11 bits per heavy atom. The first-order valence-electron chi connectivity index (χ1n) is 5.61. The van der Waals surface area contributed by atoms with E-state index in [1.165, 1.54) is 0 Å². The Kier molecular flexibility index (Phi) is 5.40. The minimum Gasteiger partial charge on any atom is -0.339 e. The standard InChI is InChI=1S/C12H10N2O.C3H6/c1-3-5-10-6-4-7-11(8-10)12-13-9(2)15-14-12;1-3-2/h4,6-8H,1-2H3;3H,1H2,2H3. The normalized spacial score (nSPS) is 8.61. The molecule has 1 aromatic carbocycles. The fourth-order valence-electron chi connectivity index (χ4n) is 1.30. The van der Waals surface area contributed by atoms with Gasteiger partial charge in [-0.25, -0.2) is 0 Å². The van der Waals surface area contributed by atoms with Gasteiger partial charge in [-0.15, -0.1) is 12.5 Å². The van der Waals surface area contributed by atoms with Gasteiger partial charge in [0.1, 0.15) is 0 Å². The quantitative estimate of drug-likeness (QED) is 0.564. The fraction of sp³-hybridized carbons (Fsp3) is 0.200. The number of allylic oxidation sites excluding steroid dienone is 1. The van der Waals surface area contributed by atoms with Crippen LogP contribution in [-0.2, 0) is 0 Å². The lowest BCUT2D eigenvalue weighted by Crippen LogP contribution is -1.82. The Balaban J connectivity index is 0.000000492. The average molecular weight is 240 g/mol. The molecule has 0 aliphatic heterocycles. The predicted octanol–water partition coefficient (Wildman–Crippen LogP) is 3.61. The van der Waals surface area contributed by atoms with Gasteiger partial charge in [-0.3, -0.25) is 0 Å². The summed E-state index contributed by atoms with van der Waals surface area (Å²) in [6, 6.07) is 7.76. The third-order valence-electron chi connectivity index (χ3n) is 1.92. The van der Waals surface area contributed by atoms with E-state index < -0.39 is 0 Å². The summed E-state index contributed by atoms with van der Waals surface area (Å²) < 4.78 is 4.92. The van der Waals surface area contributed by atoms with E-state index in [9.17, 15) is 0 Å². The molecule has 0 saturated heterocycles. The molecule has 0 fully saturated rings. The lowest BCUT2D eigenvalue weighted by molar-refractivity contribution is 0.394. The number of hydrogen-bond donors (Lipinski definition) is 0. The lowest BCUT2D eigenvalue weighted by Gasteiger charge is -1.94. The lowest BCUT2D eigenvalue weighted by atomic mass is 10.1. The van der Waals surface area contributed by atoms with Crippen LogP contribution in [0.2, 0.25) is 0 Å². The Morgan fingerprint density at radius 3 is 2.67 bits per heavy atom. The van der Waals surface area contributed by atoms with Gasteiger partial charge in [0.15, 0.2) is 0 Å². The first-order valence-corrected chi connectivity index (χ1v) is 5.61. The number of aryl methyl sites for hydroxylation is 1. The van der Waals surface area contributed by atoms with Gasteiger partial charge in [0, 0.05) is 18.1 Å². The molecule has 0 atom stereocenters. The van der Waals surface area contributed by atoms with Crippen LogP contribution < -0.4 is 0 Å². The zero-order chi connectivity index (χ0) is 13.4. The molecule has 0 N–H and O–H groups in total. The maximum atomic E-state index is 4.92. The SMILES string of the molecule is C=CC.CC#Cc1cccc(-c2noc(C)n2)c1. The highest BCUT2D eigenvalue weighted by molar-refractivity contribution is 5.57. The van der Waals surface area contributed by atoms with Crippen LogP contribution in [0.4, 0.5) is 0 Å². The molecule has 0 bridgehead atoms. The summed E-state index contributed by atoms with van der Waals surface area (Å²) in [6.45, 7) is 8.83. The highest BCUT2D eigenvalue weighted by atomic mass is 16.5. The van der Waals surface area contributed by atoms with Crippen molar-refractivity contribution >= 4 is 0 Å². The number of aromatic nitrogens is 2. The number of nitrogens with zero attached hydrogens (tertiary/aromatic N) is 2. The molecule has 0 aliphatic carbocycles. The van der Waals surface area contributed by atoms with Crippen LogP contribution in [0.3, 0.4) is 0 Å². The molecule has 0 amide bonds. The molecule has 3 heteroatoms. The monoisotopic (exact) mass is 240 g/mol. The van der Waals surface area contributed by atoms with Crippen LogP contribution in [0.15, 0.2) is 41.4 Å². The maximum absolute atomic E-state index is 4.92. The van der Waals surface area contributed by atoms with E-state index in [4.69, 9.17) is 4.52 Å². The topological polar surface area (TPSA) is 38.9 Å². The first kappa shape index (κ1) is 13.7. The zero-order valence-corrected chi connectivity index (χ0v) is 10.9. The molecule has 2 aromatic rings. The van der Waals surface area contributed by atoms with Crippen molar-refractivity contribution in [3.8, 4) is 23.2 Å². The van der Waals surface area contributed by atoms with Crippen molar-refractivity contribution in [1.29, 1.82) is 0 Å². The Bertz CT molecular complexity index is 573. The number of rotatable bonds is 1. The molecule has 0 spiro atoms. The van der Waals surface area contributed by atoms with Crippen molar-refractivity contribution in [2.75, 3.05) is 0 Å². The molecular weight excluding hydrogens is 224 g/mol. The van der Waals surface area contributed by atoms with E-state index in [-0.39, 0.29) is 0 Å². The Hall–Kier alpha value is -2.34. The van der Waals surface area contributed by atoms with Gasteiger partial charge in [-0.2, -0.15) is 4.98 Å². The average Bonchev–Trinajstić information content (AvgIpc) is 2.78. The van der Waals surface area contributed by atoms with E-state index in [1.54, 1.807) is 13.0 Å². The van der Waals surface area contributed by atoms with Crippen LogP contribution in [0.1, 0.15) is 25.3 Å². The van der Waals surface area contributed by atoms with Crippen molar-refractivity contribution in [2.24, 2.45) is 0 Å². The fourth-order valence-corrected chi connectivity index (χ4v) is 1.30. The van der Waals surface area contributed by atoms with Gasteiger partial charge >= 0.3 is 0 Å². The van der Waals surface area contributed by atoms with E-state index in [0.29, 0.717) is 11.7 Å². The van der Waals surface area contributed by atoms with E-state index in [2.05, 4.69) is 28.6 Å². The third kappa shape index (κ3) is 3.91. The van der Waals surface area contributed by atoms with Crippen molar-refractivity contribution in [1.82, 2.24) is 10.1 Å². The molecule has 0 radical (unpaired) electrons. The smallest absolute Gasteiger partial charge is 0.223 e. The summed E-state index contributed by atoms with van der Waals surface area (Å²) in [4.78, 5) is 4.16. The van der Waals surface area contributed by atoms with Crippen LogP contribution in [-0.4, -0.2) is 10.1 Å². The maximum Gasteiger partial charge on any atom is 0.223 e. The summed E-state index contributed by atoms with van der Waals surface area (Å²) in [5.41, 5.74) is 1.88. The minimum absolute atomic E-state index is 0.567. The second-order valence-electron chi connectivity index (χ2n) is 3.50. The number of hydrogen-bond acceptors (Lipinski definition) is 3. The Labute approximate surface area is 108 Å². The van der Waals surface area contributed by atoms with E-state index in [1.807, 2.05) is 38.1 Å². The van der Waals surface area contributed by atoms with Gasteiger partial charge in [-0.1, -0.05) is 29.3 Å². The van der Waals surface area contributed by atoms with Crippen LogP contribution >= 0.6 is 0 Å². The highest BCUT2D eigenvalue weighted by Crippen LogP contribution is 2.16. The molecule has 18 heavy (non-hydrogen) atoms. The molecule has 0 saturated carbocycles. The molecule has 2 rings (SSSR count). The minimum atomic E-state index is 0.567. The summed E-state index contributed by atoms with van der Waals surface area (Å²) >= 11 is 0. The molecule has 0 unspecified atom stereocenters.